The monoisotopic (exact) mass is 482 g/mol. The molecular weight excluding hydrogens is 460 g/mol. The van der Waals surface area contributed by atoms with E-state index in [-0.39, 0.29) is 6.61 Å². The van der Waals surface area contributed by atoms with Gasteiger partial charge in [0, 0.05) is 14.2 Å². The van der Waals surface area contributed by atoms with Crippen molar-refractivity contribution in [2.75, 3.05) is 20.8 Å². The number of aliphatic hydroxyl groups is 2. The summed E-state index contributed by atoms with van der Waals surface area (Å²) in [7, 11) is -8.36. The van der Waals surface area contributed by atoms with Crippen molar-refractivity contribution >= 4 is 20.8 Å². The zero-order chi connectivity index (χ0) is 22.9. The van der Waals surface area contributed by atoms with Gasteiger partial charge in [-0.25, -0.2) is 16.8 Å². The van der Waals surface area contributed by atoms with Crippen LogP contribution in [-0.2, 0) is 52.8 Å². The Bertz CT molecular complexity index is 769. The lowest BCUT2D eigenvalue weighted by Gasteiger charge is -2.46. The molecule has 2 N–H and O–H groups in total. The first kappa shape index (κ1) is 25.7. The van der Waals surface area contributed by atoms with Crippen LogP contribution in [0.3, 0.4) is 0 Å². The van der Waals surface area contributed by atoms with E-state index in [1.54, 1.807) is 0 Å². The van der Waals surface area contributed by atoms with Gasteiger partial charge < -0.3 is 43.0 Å². The molecule has 15 nitrogen and oxygen atoms in total. The van der Waals surface area contributed by atoms with Crippen LogP contribution < -0.4 is 0 Å². The van der Waals surface area contributed by atoms with Gasteiger partial charge in [0.25, 0.3) is 0 Å². The van der Waals surface area contributed by atoms with Gasteiger partial charge in [-0.05, 0) is 6.92 Å². The topological polar surface area (TPSA) is 219 Å². The molecule has 17 heteroatoms. The molecule has 0 radical (unpaired) electrons. The van der Waals surface area contributed by atoms with E-state index in [1.807, 2.05) is 0 Å². The first-order chi connectivity index (χ1) is 13.8. The van der Waals surface area contributed by atoms with Crippen molar-refractivity contribution in [3.8, 4) is 0 Å². The zero-order valence-corrected chi connectivity index (χ0v) is 17.6. The minimum atomic E-state index is -5.34. The second kappa shape index (κ2) is 9.94. The van der Waals surface area contributed by atoms with Crippen LogP contribution in [-0.4, -0.2) is 112 Å². The Morgan fingerprint density at radius 1 is 0.867 bits per heavy atom. The molecule has 2 heterocycles. The van der Waals surface area contributed by atoms with Crippen molar-refractivity contribution in [2.24, 2.45) is 0 Å². The molecule has 2 aliphatic rings. The Hall–Kier alpha value is -0.540. The van der Waals surface area contributed by atoms with E-state index in [9.17, 15) is 36.2 Å². The molecule has 9 unspecified atom stereocenters. The number of methoxy groups -OCH3 is 2. The maximum absolute atomic E-state index is 11.1. The van der Waals surface area contributed by atoms with Gasteiger partial charge in [0.15, 0.2) is 18.7 Å². The number of aliphatic hydroxyl groups excluding tert-OH is 2. The molecule has 0 aliphatic carbocycles. The van der Waals surface area contributed by atoms with Gasteiger partial charge in [0.2, 0.25) is 20.8 Å². The lowest BCUT2D eigenvalue weighted by molar-refractivity contribution is -0.336. The lowest BCUT2D eigenvalue weighted by Crippen LogP contribution is -2.63. The van der Waals surface area contributed by atoms with Gasteiger partial charge in [-0.2, -0.15) is 0 Å². The highest BCUT2D eigenvalue weighted by Crippen LogP contribution is 2.31. The number of hydrogen-bond donors (Lipinski definition) is 2. The van der Waals surface area contributed by atoms with E-state index < -0.39 is 76.1 Å². The number of hydrogen-bond acceptors (Lipinski definition) is 15. The highest BCUT2D eigenvalue weighted by Gasteiger charge is 2.51. The van der Waals surface area contributed by atoms with Crippen LogP contribution >= 0.6 is 0 Å². The van der Waals surface area contributed by atoms with Crippen molar-refractivity contribution in [3.05, 3.63) is 0 Å². The second-order valence-corrected chi connectivity index (χ2v) is 8.46. The summed E-state index contributed by atoms with van der Waals surface area (Å²) in [6.07, 6.45) is -14.3. The molecule has 0 aromatic carbocycles. The van der Waals surface area contributed by atoms with Crippen LogP contribution in [0.5, 0.6) is 0 Å². The molecule has 0 amide bonds. The number of rotatable bonds is 8. The minimum Gasteiger partial charge on any atom is -0.726 e. The first-order valence-corrected chi connectivity index (χ1v) is 11.1. The van der Waals surface area contributed by atoms with Crippen molar-refractivity contribution in [1.29, 1.82) is 0 Å². The van der Waals surface area contributed by atoms with Gasteiger partial charge in [-0.15, -0.1) is 0 Å². The van der Waals surface area contributed by atoms with E-state index in [1.165, 1.54) is 14.0 Å². The molecule has 2 rings (SSSR count). The van der Waals surface area contributed by atoms with E-state index in [0.717, 1.165) is 7.11 Å². The van der Waals surface area contributed by atoms with Gasteiger partial charge >= 0.3 is 0 Å². The summed E-state index contributed by atoms with van der Waals surface area (Å²) in [6.45, 7) is 1.01. The largest absolute Gasteiger partial charge is 0.726 e. The summed E-state index contributed by atoms with van der Waals surface area (Å²) >= 11 is 0. The Labute approximate surface area is 172 Å². The average Bonchev–Trinajstić information content (AvgIpc) is 2.61. The highest BCUT2D eigenvalue weighted by molar-refractivity contribution is 7.81. The fraction of sp³-hybridized carbons (Fsp3) is 1.00. The molecule has 2 saturated heterocycles. The Kier molecular flexibility index (Phi) is 8.52. The van der Waals surface area contributed by atoms with Crippen molar-refractivity contribution < 1.29 is 68.2 Å². The van der Waals surface area contributed by atoms with E-state index in [4.69, 9.17) is 23.7 Å². The van der Waals surface area contributed by atoms with Gasteiger partial charge in [0.05, 0.1) is 12.7 Å². The maximum atomic E-state index is 11.1. The smallest absolute Gasteiger partial charge is 0.218 e. The quantitative estimate of drug-likeness (QED) is 0.254. The van der Waals surface area contributed by atoms with Gasteiger partial charge in [0.1, 0.15) is 30.5 Å². The van der Waals surface area contributed by atoms with Crippen molar-refractivity contribution in [1.82, 2.24) is 0 Å². The fourth-order valence-electron chi connectivity index (χ4n) is 3.09. The molecule has 30 heavy (non-hydrogen) atoms. The van der Waals surface area contributed by atoms with Crippen LogP contribution in [0.4, 0.5) is 0 Å². The predicted octanol–water partition coefficient (Wildman–Crippen LogP) is -3.45. The van der Waals surface area contributed by atoms with Crippen LogP contribution in [0.2, 0.25) is 0 Å². The van der Waals surface area contributed by atoms with E-state index in [0.29, 0.717) is 0 Å². The van der Waals surface area contributed by atoms with Gasteiger partial charge in [-0.3, -0.25) is 8.37 Å². The third kappa shape index (κ3) is 6.48. The molecule has 0 saturated carbocycles. The van der Waals surface area contributed by atoms with Gasteiger partial charge in [-0.1, -0.05) is 0 Å². The van der Waals surface area contributed by atoms with E-state index in [2.05, 4.69) is 8.37 Å². The molecule has 178 valence electrons. The normalized spacial score (nSPS) is 41.0. The Morgan fingerprint density at radius 2 is 1.43 bits per heavy atom. The van der Waals surface area contributed by atoms with E-state index >= 15 is 0 Å². The molecule has 9 atom stereocenters. The summed E-state index contributed by atoms with van der Waals surface area (Å²) in [5.74, 6) is 0. The van der Waals surface area contributed by atoms with Crippen molar-refractivity contribution in [3.63, 3.8) is 0 Å². The summed E-state index contributed by atoms with van der Waals surface area (Å²) in [6, 6.07) is 0. The molecule has 2 fully saturated rings. The van der Waals surface area contributed by atoms with Crippen molar-refractivity contribution in [2.45, 2.75) is 62.2 Å². The summed E-state index contributed by atoms with van der Waals surface area (Å²) < 4.78 is 101. The van der Waals surface area contributed by atoms with Crippen LogP contribution in [0, 0.1) is 0 Å². The molecule has 0 aromatic heterocycles. The third-order valence-corrected chi connectivity index (χ3v) is 5.36. The lowest BCUT2D eigenvalue weighted by atomic mass is 9.99. The van der Waals surface area contributed by atoms with Crippen LogP contribution in [0.25, 0.3) is 0 Å². The van der Waals surface area contributed by atoms with Crippen LogP contribution in [0.1, 0.15) is 6.92 Å². The number of ether oxygens (including phenoxy) is 5. The molecule has 2 aliphatic heterocycles. The molecule has 0 aromatic rings. The first-order valence-electron chi connectivity index (χ1n) is 8.40. The SMILES string of the molecule is COC1COC(OC2C(C)OC(OC)C(O)C2OS(=O)(=O)[O-])C(OS(=O)(=O)[O-])C1O. The third-order valence-electron chi connectivity index (χ3n) is 4.45. The molecule has 0 spiro atoms. The maximum Gasteiger partial charge on any atom is 0.218 e. The minimum absolute atomic E-state index is 0.336. The zero-order valence-electron chi connectivity index (χ0n) is 15.9. The van der Waals surface area contributed by atoms with Crippen LogP contribution in [0.15, 0.2) is 0 Å². The molecule has 0 bridgehead atoms. The fourth-order valence-corrected chi connectivity index (χ4v) is 4.06. The Balaban J connectivity index is 2.31. The summed E-state index contributed by atoms with van der Waals surface area (Å²) in [5, 5.41) is 20.5. The summed E-state index contributed by atoms with van der Waals surface area (Å²) in [5.41, 5.74) is 0. The highest BCUT2D eigenvalue weighted by atomic mass is 32.3. The second-order valence-electron chi connectivity index (χ2n) is 6.44. The standard InChI is InChI=1S/C13H24O15S2/c1-5-9(10(27-29(16,17)18)8(15)12(23-3)25-5)26-13-11(28-30(19,20)21)7(14)6(22-2)4-24-13/h5-15H,4H2,1-3H3,(H,16,17,18)(H,19,20,21)/p-2. The summed E-state index contributed by atoms with van der Waals surface area (Å²) in [4.78, 5) is 0. The predicted molar refractivity (Wildman–Crippen MR) is 87.9 cm³/mol. The molecular formula is C13H22O15S2-2. The Morgan fingerprint density at radius 3 is 1.93 bits per heavy atom. The average molecular weight is 482 g/mol.